The van der Waals surface area contributed by atoms with Gasteiger partial charge in [-0.3, -0.25) is 4.21 Å². The molecule has 1 N–H and O–H groups in total. The Labute approximate surface area is 134 Å². The first-order valence-corrected chi connectivity index (χ1v) is 10.7. The van der Waals surface area contributed by atoms with Crippen molar-refractivity contribution in [3.8, 4) is 0 Å². The standard InChI is InChI=1S/C18H36O2S/c1-2-3-4-5-6-7-8-9-10-13-16-21(20)18-15-12-11-14-17(18)19/h17-19H,2-16H2,1H3/t17-,18-,21-/m0/s1. The molecular formula is C18H36O2S. The minimum atomic E-state index is -0.799. The molecule has 0 aromatic rings. The van der Waals surface area contributed by atoms with Crippen molar-refractivity contribution in [1.29, 1.82) is 0 Å². The van der Waals surface area contributed by atoms with E-state index in [1.165, 1.54) is 57.8 Å². The summed E-state index contributed by atoms with van der Waals surface area (Å²) >= 11 is 0. The molecule has 1 fully saturated rings. The summed E-state index contributed by atoms with van der Waals surface area (Å²) in [7, 11) is -0.799. The van der Waals surface area contributed by atoms with Crippen LogP contribution in [0.2, 0.25) is 0 Å². The van der Waals surface area contributed by atoms with Gasteiger partial charge < -0.3 is 5.11 Å². The Morgan fingerprint density at radius 2 is 1.38 bits per heavy atom. The topological polar surface area (TPSA) is 37.3 Å². The van der Waals surface area contributed by atoms with Crippen molar-refractivity contribution in [2.75, 3.05) is 5.75 Å². The molecule has 3 heteroatoms. The highest BCUT2D eigenvalue weighted by molar-refractivity contribution is 7.85. The highest BCUT2D eigenvalue weighted by atomic mass is 32.2. The van der Waals surface area contributed by atoms with E-state index in [9.17, 15) is 9.32 Å². The Bertz CT molecular complexity index is 268. The van der Waals surface area contributed by atoms with Crippen LogP contribution in [0.5, 0.6) is 0 Å². The van der Waals surface area contributed by atoms with Crippen LogP contribution in [0.25, 0.3) is 0 Å². The maximum absolute atomic E-state index is 12.2. The minimum absolute atomic E-state index is 0.0670. The lowest BCUT2D eigenvalue weighted by Crippen LogP contribution is -2.34. The van der Waals surface area contributed by atoms with E-state index in [1.807, 2.05) is 0 Å². The number of hydrogen-bond donors (Lipinski definition) is 1. The van der Waals surface area contributed by atoms with Gasteiger partial charge in [-0.15, -0.1) is 0 Å². The van der Waals surface area contributed by atoms with Gasteiger partial charge in [0.05, 0.1) is 11.4 Å². The van der Waals surface area contributed by atoms with Gasteiger partial charge >= 0.3 is 0 Å². The molecule has 1 aliphatic carbocycles. The Balaban J connectivity index is 1.90. The van der Waals surface area contributed by atoms with E-state index in [4.69, 9.17) is 0 Å². The van der Waals surface area contributed by atoms with Gasteiger partial charge in [0.2, 0.25) is 0 Å². The van der Waals surface area contributed by atoms with Crippen LogP contribution in [0.3, 0.4) is 0 Å². The van der Waals surface area contributed by atoms with Crippen LogP contribution in [0.15, 0.2) is 0 Å². The fraction of sp³-hybridized carbons (Fsp3) is 1.00. The van der Waals surface area contributed by atoms with Crippen LogP contribution in [0.4, 0.5) is 0 Å². The van der Waals surface area contributed by atoms with Crippen LogP contribution in [-0.2, 0) is 10.8 Å². The Morgan fingerprint density at radius 3 is 1.95 bits per heavy atom. The summed E-state index contributed by atoms with van der Waals surface area (Å²) in [6.45, 7) is 2.26. The zero-order valence-electron chi connectivity index (χ0n) is 14.0. The third-order valence-corrected chi connectivity index (χ3v) is 6.62. The number of rotatable bonds is 12. The van der Waals surface area contributed by atoms with Crippen molar-refractivity contribution in [2.45, 2.75) is 108 Å². The van der Waals surface area contributed by atoms with Crippen molar-refractivity contribution in [3.63, 3.8) is 0 Å². The average Bonchev–Trinajstić information content (AvgIpc) is 2.49. The van der Waals surface area contributed by atoms with E-state index < -0.39 is 10.8 Å². The summed E-state index contributed by atoms with van der Waals surface area (Å²) in [6.07, 6.45) is 17.0. The second kappa shape index (κ2) is 12.6. The first-order chi connectivity index (χ1) is 10.3. The summed E-state index contributed by atoms with van der Waals surface area (Å²) < 4.78 is 12.2. The second-order valence-electron chi connectivity index (χ2n) is 6.66. The molecule has 3 atom stereocenters. The van der Waals surface area contributed by atoms with Gasteiger partial charge in [-0.1, -0.05) is 77.6 Å². The quantitative estimate of drug-likeness (QED) is 0.517. The van der Waals surface area contributed by atoms with Crippen molar-refractivity contribution < 1.29 is 9.32 Å². The summed E-state index contributed by atoms with van der Waals surface area (Å²) in [5.41, 5.74) is 0. The number of unbranched alkanes of at least 4 members (excludes halogenated alkanes) is 9. The van der Waals surface area contributed by atoms with E-state index in [-0.39, 0.29) is 11.4 Å². The normalized spacial score (nSPS) is 24.1. The zero-order valence-corrected chi connectivity index (χ0v) is 14.8. The van der Waals surface area contributed by atoms with Crippen molar-refractivity contribution in [1.82, 2.24) is 0 Å². The molecular weight excluding hydrogens is 280 g/mol. The molecule has 1 aliphatic rings. The van der Waals surface area contributed by atoms with Gasteiger partial charge in [0.15, 0.2) is 0 Å². The molecule has 126 valence electrons. The fourth-order valence-electron chi connectivity index (χ4n) is 3.27. The van der Waals surface area contributed by atoms with E-state index in [0.717, 1.165) is 37.9 Å². The predicted octanol–water partition coefficient (Wildman–Crippen LogP) is 4.96. The van der Waals surface area contributed by atoms with Crippen LogP contribution in [0, 0.1) is 0 Å². The van der Waals surface area contributed by atoms with Gasteiger partial charge in [-0.25, -0.2) is 0 Å². The third-order valence-electron chi connectivity index (χ3n) is 4.70. The molecule has 1 saturated carbocycles. The monoisotopic (exact) mass is 316 g/mol. The molecule has 0 aliphatic heterocycles. The van der Waals surface area contributed by atoms with Crippen LogP contribution < -0.4 is 0 Å². The van der Waals surface area contributed by atoms with Crippen LogP contribution >= 0.6 is 0 Å². The lowest BCUT2D eigenvalue weighted by atomic mass is 9.97. The van der Waals surface area contributed by atoms with Gasteiger partial charge in [0.1, 0.15) is 0 Å². The van der Waals surface area contributed by atoms with Gasteiger partial charge in [-0.2, -0.15) is 0 Å². The molecule has 0 bridgehead atoms. The summed E-state index contributed by atoms with van der Waals surface area (Å²) in [4.78, 5) is 0. The largest absolute Gasteiger partial charge is 0.392 e. The minimum Gasteiger partial charge on any atom is -0.392 e. The lowest BCUT2D eigenvalue weighted by Gasteiger charge is -2.26. The number of hydrogen-bond acceptors (Lipinski definition) is 2. The summed E-state index contributed by atoms with van der Waals surface area (Å²) in [6, 6.07) is 0. The zero-order chi connectivity index (χ0) is 15.3. The van der Waals surface area contributed by atoms with E-state index >= 15 is 0 Å². The smallest absolute Gasteiger partial charge is 0.0683 e. The summed E-state index contributed by atoms with van der Waals surface area (Å²) in [5.74, 6) is 0.804. The molecule has 0 saturated heterocycles. The van der Waals surface area contributed by atoms with Gasteiger partial charge in [-0.05, 0) is 19.3 Å². The van der Waals surface area contributed by atoms with Crippen LogP contribution in [-0.4, -0.2) is 26.4 Å². The number of aliphatic hydroxyl groups is 1. The molecule has 0 amide bonds. The first kappa shape index (κ1) is 19.2. The van der Waals surface area contributed by atoms with Gasteiger partial charge in [0.25, 0.3) is 0 Å². The molecule has 0 aromatic carbocycles. The molecule has 21 heavy (non-hydrogen) atoms. The number of aliphatic hydroxyl groups excluding tert-OH is 1. The molecule has 1 rings (SSSR count). The van der Waals surface area contributed by atoms with Crippen molar-refractivity contribution in [3.05, 3.63) is 0 Å². The molecule has 0 heterocycles. The molecule has 0 unspecified atom stereocenters. The Kier molecular flexibility index (Phi) is 11.5. The second-order valence-corrected chi connectivity index (χ2v) is 8.43. The van der Waals surface area contributed by atoms with Crippen molar-refractivity contribution in [2.24, 2.45) is 0 Å². The van der Waals surface area contributed by atoms with E-state index in [0.29, 0.717) is 0 Å². The fourth-order valence-corrected chi connectivity index (χ4v) is 4.97. The summed E-state index contributed by atoms with van der Waals surface area (Å²) in [5, 5.41) is 9.97. The van der Waals surface area contributed by atoms with Crippen LogP contribution in [0.1, 0.15) is 96.8 Å². The maximum Gasteiger partial charge on any atom is 0.0683 e. The van der Waals surface area contributed by atoms with Crippen molar-refractivity contribution >= 4 is 10.8 Å². The SMILES string of the molecule is CCCCCCCCCCCC[S@](=O)[C@H]1CCCC[C@@H]1O. The third kappa shape index (κ3) is 8.97. The highest BCUT2D eigenvalue weighted by Gasteiger charge is 2.27. The van der Waals surface area contributed by atoms with E-state index in [1.54, 1.807) is 0 Å². The predicted molar refractivity (Wildman–Crippen MR) is 93.1 cm³/mol. The Morgan fingerprint density at radius 1 is 0.857 bits per heavy atom. The lowest BCUT2D eigenvalue weighted by molar-refractivity contribution is 0.135. The molecule has 0 aromatic heterocycles. The Hall–Kier alpha value is 0.110. The molecule has 2 nitrogen and oxygen atoms in total. The van der Waals surface area contributed by atoms with E-state index in [2.05, 4.69) is 6.92 Å². The average molecular weight is 317 g/mol. The van der Waals surface area contributed by atoms with Gasteiger partial charge in [0, 0.05) is 16.6 Å². The first-order valence-electron chi connectivity index (χ1n) is 9.31. The maximum atomic E-state index is 12.2. The highest BCUT2D eigenvalue weighted by Crippen LogP contribution is 2.23. The molecule has 0 radical (unpaired) electrons. The molecule has 0 spiro atoms.